The van der Waals surface area contributed by atoms with Gasteiger partial charge in [-0.1, -0.05) is 0 Å². The average molecular weight is 361 g/mol. The maximum absolute atomic E-state index is 13.3. The Morgan fingerprint density at radius 1 is 1.23 bits per heavy atom. The molecule has 0 unspecified atom stereocenters. The molecule has 2 fully saturated rings. The van der Waals surface area contributed by atoms with Crippen LogP contribution >= 0.6 is 0 Å². The van der Waals surface area contributed by atoms with E-state index in [1.54, 1.807) is 6.07 Å². The third-order valence-electron chi connectivity index (χ3n) is 5.28. The third kappa shape index (κ3) is 3.98. The summed E-state index contributed by atoms with van der Waals surface area (Å²) >= 11 is 0. The molecule has 2 saturated heterocycles. The predicted octanol–water partition coefficient (Wildman–Crippen LogP) is 2.87. The molecule has 26 heavy (non-hydrogen) atoms. The van der Waals surface area contributed by atoms with Crippen LogP contribution in [-0.2, 0) is 9.53 Å². The van der Waals surface area contributed by atoms with Gasteiger partial charge in [0.25, 0.3) is 6.01 Å². The highest BCUT2D eigenvalue weighted by molar-refractivity contribution is 5.76. The standard InChI is InChI=1S/C19H24FN3O3/c20-14-1-2-16-17(12-14)26-19(22-16)23-7-3-13(4-8-23)11-18(24)21-15-5-9-25-10-6-15/h1-2,12-13,15H,3-11H2,(H,21,24). The number of benzene rings is 1. The molecule has 1 aromatic heterocycles. The molecule has 0 saturated carbocycles. The highest BCUT2D eigenvalue weighted by Gasteiger charge is 2.25. The number of carbonyl (C=O) groups is 1. The molecule has 2 aromatic rings. The minimum atomic E-state index is -0.325. The summed E-state index contributed by atoms with van der Waals surface area (Å²) in [4.78, 5) is 18.8. The second-order valence-electron chi connectivity index (χ2n) is 7.20. The Morgan fingerprint density at radius 3 is 2.77 bits per heavy atom. The van der Waals surface area contributed by atoms with E-state index < -0.39 is 0 Å². The van der Waals surface area contributed by atoms with Crippen LogP contribution in [-0.4, -0.2) is 43.2 Å². The second-order valence-corrected chi connectivity index (χ2v) is 7.20. The molecule has 6 nitrogen and oxygen atoms in total. The maximum Gasteiger partial charge on any atom is 0.298 e. The summed E-state index contributed by atoms with van der Waals surface area (Å²) in [5.41, 5.74) is 1.14. The summed E-state index contributed by atoms with van der Waals surface area (Å²) in [7, 11) is 0. The Morgan fingerprint density at radius 2 is 2.00 bits per heavy atom. The highest BCUT2D eigenvalue weighted by Crippen LogP contribution is 2.28. The number of hydrogen-bond donors (Lipinski definition) is 1. The topological polar surface area (TPSA) is 67.6 Å². The van der Waals surface area contributed by atoms with Crippen LogP contribution in [0.4, 0.5) is 10.4 Å². The van der Waals surface area contributed by atoms with E-state index in [-0.39, 0.29) is 17.8 Å². The molecular formula is C19H24FN3O3. The quantitative estimate of drug-likeness (QED) is 0.907. The van der Waals surface area contributed by atoms with E-state index in [1.165, 1.54) is 12.1 Å². The molecule has 1 N–H and O–H groups in total. The molecule has 3 heterocycles. The molecule has 2 aliphatic heterocycles. The van der Waals surface area contributed by atoms with E-state index in [0.717, 1.165) is 52.0 Å². The lowest BCUT2D eigenvalue weighted by Crippen LogP contribution is -2.41. The lowest BCUT2D eigenvalue weighted by atomic mass is 9.93. The molecule has 0 spiro atoms. The zero-order valence-corrected chi connectivity index (χ0v) is 14.7. The van der Waals surface area contributed by atoms with Crippen LogP contribution in [0, 0.1) is 11.7 Å². The lowest BCUT2D eigenvalue weighted by molar-refractivity contribution is -0.123. The number of amides is 1. The summed E-state index contributed by atoms with van der Waals surface area (Å²) in [5.74, 6) is 0.204. The zero-order chi connectivity index (χ0) is 17.9. The number of halogens is 1. The number of fused-ring (bicyclic) bond motifs is 1. The van der Waals surface area contributed by atoms with E-state index in [2.05, 4.69) is 15.2 Å². The molecule has 4 rings (SSSR count). The first kappa shape index (κ1) is 17.3. The van der Waals surface area contributed by atoms with Crippen molar-refractivity contribution in [2.45, 2.75) is 38.1 Å². The molecule has 0 radical (unpaired) electrons. The second kappa shape index (κ2) is 7.61. The van der Waals surface area contributed by atoms with Gasteiger partial charge in [0.1, 0.15) is 11.3 Å². The van der Waals surface area contributed by atoms with Crippen LogP contribution < -0.4 is 10.2 Å². The van der Waals surface area contributed by atoms with Crippen molar-refractivity contribution >= 4 is 23.0 Å². The number of aromatic nitrogens is 1. The number of nitrogens with one attached hydrogen (secondary N) is 1. The van der Waals surface area contributed by atoms with Crippen molar-refractivity contribution in [1.82, 2.24) is 10.3 Å². The maximum atomic E-state index is 13.3. The van der Waals surface area contributed by atoms with Crippen molar-refractivity contribution in [1.29, 1.82) is 0 Å². The van der Waals surface area contributed by atoms with E-state index in [1.807, 2.05) is 0 Å². The average Bonchev–Trinajstić information content (AvgIpc) is 3.06. The minimum absolute atomic E-state index is 0.146. The van der Waals surface area contributed by atoms with Crippen molar-refractivity contribution in [3.8, 4) is 0 Å². The Balaban J connectivity index is 1.28. The van der Waals surface area contributed by atoms with Crippen molar-refractivity contribution in [3.63, 3.8) is 0 Å². The van der Waals surface area contributed by atoms with Gasteiger partial charge in [-0.25, -0.2) is 4.39 Å². The Hall–Kier alpha value is -2.15. The van der Waals surface area contributed by atoms with Gasteiger partial charge in [0.2, 0.25) is 5.91 Å². The SMILES string of the molecule is O=C(CC1CCN(c2nc3ccc(F)cc3o2)CC1)NC1CCOCC1. The summed E-state index contributed by atoms with van der Waals surface area (Å²) < 4.78 is 24.3. The molecule has 1 amide bonds. The molecule has 0 bridgehead atoms. The predicted molar refractivity (Wildman–Crippen MR) is 95.5 cm³/mol. The normalized spacial score (nSPS) is 19.8. The molecule has 1 aromatic carbocycles. The number of piperidine rings is 1. The van der Waals surface area contributed by atoms with Crippen LogP contribution in [0.1, 0.15) is 32.1 Å². The fourth-order valence-electron chi connectivity index (χ4n) is 3.74. The summed E-state index contributed by atoms with van der Waals surface area (Å²) in [6.45, 7) is 3.06. The van der Waals surface area contributed by atoms with Crippen LogP contribution in [0.2, 0.25) is 0 Å². The number of hydrogen-bond acceptors (Lipinski definition) is 5. The van der Waals surface area contributed by atoms with Gasteiger partial charge in [0.05, 0.1) is 0 Å². The molecule has 2 aliphatic rings. The van der Waals surface area contributed by atoms with E-state index in [9.17, 15) is 9.18 Å². The van der Waals surface area contributed by atoms with Crippen LogP contribution in [0.5, 0.6) is 0 Å². The van der Waals surface area contributed by atoms with Gasteiger partial charge in [0, 0.05) is 44.8 Å². The Labute approximate surface area is 151 Å². The van der Waals surface area contributed by atoms with Crippen molar-refractivity contribution < 1.29 is 18.3 Å². The van der Waals surface area contributed by atoms with E-state index in [0.29, 0.717) is 29.5 Å². The Bertz CT molecular complexity index is 764. The van der Waals surface area contributed by atoms with Gasteiger partial charge >= 0.3 is 0 Å². The smallest absolute Gasteiger partial charge is 0.298 e. The zero-order valence-electron chi connectivity index (χ0n) is 14.7. The van der Waals surface area contributed by atoms with Gasteiger partial charge in [-0.05, 0) is 43.7 Å². The highest BCUT2D eigenvalue weighted by atomic mass is 19.1. The van der Waals surface area contributed by atoms with Gasteiger partial charge < -0.3 is 19.4 Å². The first-order valence-electron chi connectivity index (χ1n) is 9.35. The number of nitrogens with zero attached hydrogens (tertiary/aromatic N) is 2. The van der Waals surface area contributed by atoms with Crippen LogP contribution in [0.25, 0.3) is 11.1 Å². The Kier molecular flexibility index (Phi) is 5.06. The number of anilines is 1. The minimum Gasteiger partial charge on any atom is -0.423 e. The van der Waals surface area contributed by atoms with Crippen LogP contribution in [0.3, 0.4) is 0 Å². The number of ether oxygens (including phenoxy) is 1. The van der Waals surface area contributed by atoms with Crippen molar-refractivity contribution in [3.05, 3.63) is 24.0 Å². The lowest BCUT2D eigenvalue weighted by Gasteiger charge is -2.31. The van der Waals surface area contributed by atoms with Crippen LogP contribution in [0.15, 0.2) is 22.6 Å². The summed E-state index contributed by atoms with van der Waals surface area (Å²) in [5, 5.41) is 3.13. The van der Waals surface area contributed by atoms with Gasteiger partial charge in [0.15, 0.2) is 5.58 Å². The summed E-state index contributed by atoms with van der Waals surface area (Å²) in [6, 6.07) is 5.18. The fraction of sp³-hybridized carbons (Fsp3) is 0.579. The summed E-state index contributed by atoms with van der Waals surface area (Å²) in [6.07, 6.45) is 4.23. The first-order valence-corrected chi connectivity index (χ1v) is 9.35. The van der Waals surface area contributed by atoms with E-state index in [4.69, 9.17) is 9.15 Å². The fourth-order valence-corrected chi connectivity index (χ4v) is 3.74. The third-order valence-corrected chi connectivity index (χ3v) is 5.28. The van der Waals surface area contributed by atoms with Gasteiger partial charge in [-0.3, -0.25) is 4.79 Å². The number of oxazole rings is 1. The molecule has 7 heteroatoms. The van der Waals surface area contributed by atoms with E-state index >= 15 is 0 Å². The van der Waals surface area contributed by atoms with Gasteiger partial charge in [-0.15, -0.1) is 0 Å². The number of carbonyl (C=O) groups excluding carboxylic acids is 1. The largest absolute Gasteiger partial charge is 0.423 e. The molecule has 140 valence electrons. The van der Waals surface area contributed by atoms with Crippen molar-refractivity contribution in [2.24, 2.45) is 5.92 Å². The van der Waals surface area contributed by atoms with Crippen molar-refractivity contribution in [2.75, 3.05) is 31.2 Å². The molecular weight excluding hydrogens is 337 g/mol. The molecule has 0 atom stereocenters. The molecule has 0 aliphatic carbocycles. The first-order chi connectivity index (χ1) is 12.7. The number of rotatable bonds is 4. The monoisotopic (exact) mass is 361 g/mol. The van der Waals surface area contributed by atoms with Gasteiger partial charge in [-0.2, -0.15) is 4.98 Å².